The Labute approximate surface area is 92.4 Å². The molecule has 16 heavy (non-hydrogen) atoms. The van der Waals surface area contributed by atoms with Crippen LogP contribution in [0, 0.1) is 28.9 Å². The van der Waals surface area contributed by atoms with Gasteiger partial charge in [0.15, 0.2) is 0 Å². The molecule has 5 nitrogen and oxygen atoms in total. The molecule has 0 bridgehead atoms. The lowest BCUT2D eigenvalue weighted by Gasteiger charge is -2.01. The highest BCUT2D eigenvalue weighted by Crippen LogP contribution is 2.23. The zero-order chi connectivity index (χ0) is 12.1. The van der Waals surface area contributed by atoms with Gasteiger partial charge in [0.25, 0.3) is 5.69 Å². The molecule has 0 unspecified atom stereocenters. The molecule has 0 saturated carbocycles. The average molecular weight is 218 g/mol. The van der Waals surface area contributed by atoms with E-state index in [9.17, 15) is 14.9 Å². The lowest BCUT2D eigenvalue weighted by atomic mass is 10.1. The summed E-state index contributed by atoms with van der Waals surface area (Å²) in [5.41, 5.74) is 6.83. The van der Waals surface area contributed by atoms with Crippen LogP contribution in [0.25, 0.3) is 0 Å². The fraction of sp³-hybridized carbons (Fsp3) is 0.182. The van der Waals surface area contributed by atoms with Crippen molar-refractivity contribution in [3.8, 4) is 11.8 Å². The number of nitrogens with zero attached hydrogens (tertiary/aromatic N) is 1. The molecular weight excluding hydrogens is 208 g/mol. The number of carbonyl (C=O) groups excluding carboxylic acids is 1. The van der Waals surface area contributed by atoms with Gasteiger partial charge in [-0.2, -0.15) is 0 Å². The first-order valence-corrected chi connectivity index (χ1v) is 4.53. The molecule has 0 aromatic heterocycles. The van der Waals surface area contributed by atoms with Gasteiger partial charge in [0.05, 0.1) is 17.0 Å². The molecule has 0 atom stereocenters. The van der Waals surface area contributed by atoms with E-state index in [4.69, 9.17) is 5.73 Å². The first kappa shape index (κ1) is 11.7. The zero-order valence-corrected chi connectivity index (χ0v) is 8.69. The van der Waals surface area contributed by atoms with E-state index in [-0.39, 0.29) is 17.8 Å². The quantitative estimate of drug-likeness (QED) is 0.267. The predicted molar refractivity (Wildman–Crippen MR) is 59.8 cm³/mol. The van der Waals surface area contributed by atoms with Gasteiger partial charge in [0.1, 0.15) is 6.29 Å². The highest BCUT2D eigenvalue weighted by atomic mass is 16.6. The van der Waals surface area contributed by atoms with Crippen molar-refractivity contribution in [3.63, 3.8) is 0 Å². The molecule has 0 spiro atoms. The van der Waals surface area contributed by atoms with Crippen LogP contribution in [-0.2, 0) is 4.79 Å². The van der Waals surface area contributed by atoms with Crippen molar-refractivity contribution in [3.05, 3.63) is 33.4 Å². The van der Waals surface area contributed by atoms with Crippen LogP contribution in [-0.4, -0.2) is 11.2 Å². The number of aldehydes is 1. The number of hydrogen-bond donors (Lipinski definition) is 1. The second-order valence-corrected chi connectivity index (χ2v) is 3.16. The Morgan fingerprint density at radius 1 is 1.56 bits per heavy atom. The van der Waals surface area contributed by atoms with Gasteiger partial charge < -0.3 is 10.5 Å². The number of nitro groups is 1. The molecule has 0 aliphatic heterocycles. The lowest BCUT2D eigenvalue weighted by Crippen LogP contribution is -1.97. The molecule has 0 saturated heterocycles. The van der Waals surface area contributed by atoms with Crippen LogP contribution >= 0.6 is 0 Å². The van der Waals surface area contributed by atoms with Crippen LogP contribution in [0.1, 0.15) is 17.5 Å². The lowest BCUT2D eigenvalue weighted by molar-refractivity contribution is -0.385. The summed E-state index contributed by atoms with van der Waals surface area (Å²) in [7, 11) is 0. The van der Waals surface area contributed by atoms with Crippen molar-refractivity contribution in [1.29, 1.82) is 0 Å². The van der Waals surface area contributed by atoms with E-state index in [1.54, 1.807) is 13.0 Å². The number of hydrogen-bond acceptors (Lipinski definition) is 4. The van der Waals surface area contributed by atoms with E-state index in [0.717, 1.165) is 0 Å². The van der Waals surface area contributed by atoms with Crippen molar-refractivity contribution in [2.24, 2.45) is 0 Å². The van der Waals surface area contributed by atoms with Crippen LogP contribution in [0.5, 0.6) is 0 Å². The normalized spacial score (nSPS) is 9.06. The van der Waals surface area contributed by atoms with E-state index in [1.807, 2.05) is 0 Å². The summed E-state index contributed by atoms with van der Waals surface area (Å²) in [6.45, 7) is 1.61. The van der Waals surface area contributed by atoms with Crippen molar-refractivity contribution in [2.45, 2.75) is 13.3 Å². The van der Waals surface area contributed by atoms with Crippen molar-refractivity contribution in [1.82, 2.24) is 0 Å². The predicted octanol–water partition coefficient (Wildman–Crippen LogP) is 1.43. The van der Waals surface area contributed by atoms with Crippen molar-refractivity contribution >= 4 is 17.7 Å². The molecule has 2 N–H and O–H groups in total. The number of nitrogen functional groups attached to an aromatic ring is 1. The average Bonchev–Trinajstić information content (AvgIpc) is 2.22. The molecule has 0 amide bonds. The number of anilines is 1. The third kappa shape index (κ3) is 2.58. The molecule has 1 aromatic carbocycles. The minimum absolute atomic E-state index is 0.0292. The van der Waals surface area contributed by atoms with Gasteiger partial charge in [-0.15, -0.1) is 0 Å². The monoisotopic (exact) mass is 218 g/mol. The SMILES string of the molecule is Cc1cc(C#CCC=O)c(N)cc1[N+](=O)[O-]. The molecule has 0 fully saturated rings. The highest BCUT2D eigenvalue weighted by Gasteiger charge is 2.12. The van der Waals surface area contributed by atoms with Gasteiger partial charge in [-0.1, -0.05) is 11.8 Å². The molecule has 0 aliphatic rings. The Bertz CT molecular complexity index is 498. The Hall–Kier alpha value is -2.35. The fourth-order valence-corrected chi connectivity index (χ4v) is 1.21. The van der Waals surface area contributed by atoms with E-state index in [0.29, 0.717) is 17.4 Å². The fourth-order valence-electron chi connectivity index (χ4n) is 1.21. The third-order valence-electron chi connectivity index (χ3n) is 1.97. The van der Waals surface area contributed by atoms with Gasteiger partial charge in [0.2, 0.25) is 0 Å². The molecule has 82 valence electrons. The number of nitro benzene ring substituents is 1. The molecule has 1 aromatic rings. The number of carbonyl (C=O) groups is 1. The highest BCUT2D eigenvalue weighted by molar-refractivity contribution is 5.64. The van der Waals surface area contributed by atoms with Gasteiger partial charge in [-0.3, -0.25) is 10.1 Å². The Balaban J connectivity index is 3.17. The largest absolute Gasteiger partial charge is 0.398 e. The summed E-state index contributed by atoms with van der Waals surface area (Å²) in [6.07, 6.45) is 0.802. The first-order valence-electron chi connectivity index (χ1n) is 4.53. The van der Waals surface area contributed by atoms with Crippen molar-refractivity contribution < 1.29 is 9.72 Å². The van der Waals surface area contributed by atoms with Crippen molar-refractivity contribution in [2.75, 3.05) is 5.73 Å². The van der Waals surface area contributed by atoms with Crippen LogP contribution in [0.4, 0.5) is 11.4 Å². The zero-order valence-electron chi connectivity index (χ0n) is 8.69. The summed E-state index contributed by atoms with van der Waals surface area (Å²) in [6, 6.07) is 2.82. The minimum Gasteiger partial charge on any atom is -0.398 e. The van der Waals surface area contributed by atoms with Crippen LogP contribution in [0.2, 0.25) is 0 Å². The molecular formula is C11H10N2O3. The van der Waals surface area contributed by atoms with Gasteiger partial charge >= 0.3 is 0 Å². The van der Waals surface area contributed by atoms with E-state index >= 15 is 0 Å². The van der Waals surface area contributed by atoms with E-state index < -0.39 is 4.92 Å². The number of rotatable bonds is 2. The number of aryl methyl sites for hydroxylation is 1. The molecule has 0 radical (unpaired) electrons. The molecule has 0 aliphatic carbocycles. The summed E-state index contributed by atoms with van der Waals surface area (Å²) in [5.74, 6) is 5.29. The summed E-state index contributed by atoms with van der Waals surface area (Å²) in [4.78, 5) is 20.2. The maximum atomic E-state index is 10.6. The summed E-state index contributed by atoms with van der Waals surface area (Å²) >= 11 is 0. The molecule has 0 heterocycles. The minimum atomic E-state index is -0.492. The maximum Gasteiger partial charge on any atom is 0.274 e. The summed E-state index contributed by atoms with van der Waals surface area (Å²) in [5, 5.41) is 10.6. The number of benzene rings is 1. The van der Waals surface area contributed by atoms with Gasteiger partial charge in [-0.05, 0) is 13.0 Å². The molecule has 5 heteroatoms. The standard InChI is InChI=1S/C11H10N2O3/c1-8-6-9(4-2-3-5-14)10(12)7-11(8)13(15)16/h5-7H,3,12H2,1H3. The Kier molecular flexibility index (Phi) is 3.62. The smallest absolute Gasteiger partial charge is 0.274 e. The topological polar surface area (TPSA) is 86.2 Å². The third-order valence-corrected chi connectivity index (χ3v) is 1.97. The van der Waals surface area contributed by atoms with E-state index in [1.165, 1.54) is 6.07 Å². The first-order chi connectivity index (χ1) is 7.56. The molecule has 1 rings (SSSR count). The van der Waals surface area contributed by atoms with E-state index in [2.05, 4.69) is 11.8 Å². The van der Waals surface area contributed by atoms with Crippen LogP contribution in [0.15, 0.2) is 12.1 Å². The van der Waals surface area contributed by atoms with Crippen LogP contribution < -0.4 is 5.73 Å². The second kappa shape index (κ2) is 4.94. The number of nitrogens with two attached hydrogens (primary N) is 1. The maximum absolute atomic E-state index is 10.6. The second-order valence-electron chi connectivity index (χ2n) is 3.16. The van der Waals surface area contributed by atoms with Crippen LogP contribution in [0.3, 0.4) is 0 Å². The summed E-state index contributed by atoms with van der Waals surface area (Å²) < 4.78 is 0. The van der Waals surface area contributed by atoms with Gasteiger partial charge in [-0.25, -0.2) is 0 Å². The van der Waals surface area contributed by atoms with Gasteiger partial charge in [0, 0.05) is 17.2 Å². The Morgan fingerprint density at radius 3 is 2.81 bits per heavy atom. The Morgan fingerprint density at radius 2 is 2.25 bits per heavy atom.